The minimum absolute atomic E-state index is 0.106. The van der Waals surface area contributed by atoms with Crippen molar-refractivity contribution in [1.82, 2.24) is 14.8 Å². The molecule has 0 spiro atoms. The van der Waals surface area contributed by atoms with Gasteiger partial charge in [0.1, 0.15) is 11.9 Å². The van der Waals surface area contributed by atoms with Gasteiger partial charge in [-0.25, -0.2) is 9.07 Å². The fourth-order valence-corrected chi connectivity index (χ4v) is 3.39. The summed E-state index contributed by atoms with van der Waals surface area (Å²) in [4.78, 5) is 3.57. The van der Waals surface area contributed by atoms with E-state index in [9.17, 15) is 17.6 Å². The lowest BCUT2D eigenvalue weighted by molar-refractivity contribution is -0.145. The van der Waals surface area contributed by atoms with Crippen LogP contribution in [0.3, 0.4) is 0 Å². The van der Waals surface area contributed by atoms with Crippen LogP contribution >= 0.6 is 23.2 Å². The number of benzene rings is 2. The van der Waals surface area contributed by atoms with Gasteiger partial charge in [-0.2, -0.15) is 18.2 Å². The first-order valence-corrected chi connectivity index (χ1v) is 8.71. The van der Waals surface area contributed by atoms with E-state index in [2.05, 4.69) is 15.4 Å². The van der Waals surface area contributed by atoms with Crippen LogP contribution < -0.4 is 5.32 Å². The summed E-state index contributed by atoms with van der Waals surface area (Å²) in [5, 5.41) is 7.08. The molecule has 0 saturated carbocycles. The van der Waals surface area contributed by atoms with Crippen molar-refractivity contribution in [2.45, 2.75) is 12.2 Å². The molecule has 1 aromatic heterocycles. The van der Waals surface area contributed by atoms with Crippen LogP contribution in [0.15, 0.2) is 48.5 Å². The maximum absolute atomic E-state index is 13.2. The zero-order chi connectivity index (χ0) is 20.1. The van der Waals surface area contributed by atoms with Gasteiger partial charge >= 0.3 is 6.18 Å². The van der Waals surface area contributed by atoms with E-state index < -0.39 is 23.9 Å². The number of anilines is 1. The number of nitrogens with zero attached hydrogens (tertiary/aromatic N) is 3. The Morgan fingerprint density at radius 3 is 2.39 bits per heavy atom. The molecular formula is C18H10Cl2F4N4. The molecule has 1 unspecified atom stereocenters. The smallest absolute Gasteiger partial charge is 0.324 e. The molecule has 0 radical (unpaired) electrons. The van der Waals surface area contributed by atoms with Gasteiger partial charge in [0, 0.05) is 15.7 Å². The van der Waals surface area contributed by atoms with Crippen molar-refractivity contribution in [2.24, 2.45) is 0 Å². The summed E-state index contributed by atoms with van der Waals surface area (Å²) in [6.07, 6.45) is -3.07. The van der Waals surface area contributed by atoms with Crippen LogP contribution in [0.1, 0.15) is 23.0 Å². The van der Waals surface area contributed by atoms with E-state index in [1.807, 2.05) is 0 Å². The van der Waals surface area contributed by atoms with Crippen LogP contribution in [-0.4, -0.2) is 14.8 Å². The summed E-state index contributed by atoms with van der Waals surface area (Å²) in [5.41, 5.74) is 1.51. The first-order chi connectivity index (χ1) is 13.2. The molecule has 0 aliphatic carbocycles. The number of aromatic nitrogens is 3. The van der Waals surface area contributed by atoms with Crippen molar-refractivity contribution >= 4 is 34.8 Å². The van der Waals surface area contributed by atoms with E-state index >= 15 is 0 Å². The molecule has 10 heteroatoms. The van der Waals surface area contributed by atoms with Crippen LogP contribution in [0.4, 0.5) is 23.5 Å². The molecule has 2 aromatic carbocycles. The van der Waals surface area contributed by atoms with Crippen molar-refractivity contribution in [3.05, 3.63) is 81.4 Å². The Balaban J connectivity index is 1.87. The molecule has 3 aromatic rings. The third kappa shape index (κ3) is 3.45. The fourth-order valence-electron chi connectivity index (χ4n) is 2.87. The first kappa shape index (κ1) is 18.8. The topological polar surface area (TPSA) is 42.7 Å². The lowest BCUT2D eigenvalue weighted by atomic mass is 10.0. The SMILES string of the molecule is Fc1ccc(C2=CC(c3ccc(Cl)cc3Cl)n3nc(C(F)(F)F)nc3N2)cc1. The lowest BCUT2D eigenvalue weighted by Crippen LogP contribution is -2.20. The zero-order valence-corrected chi connectivity index (χ0v) is 15.3. The summed E-state index contributed by atoms with van der Waals surface area (Å²) >= 11 is 12.2. The molecule has 1 atom stereocenters. The second-order valence-corrected chi connectivity index (χ2v) is 6.87. The third-order valence-corrected chi connectivity index (χ3v) is 4.72. The number of hydrogen-bond acceptors (Lipinski definition) is 3. The average molecular weight is 429 g/mol. The van der Waals surface area contributed by atoms with Gasteiger partial charge in [0.05, 0.1) is 0 Å². The summed E-state index contributed by atoms with van der Waals surface area (Å²) in [6.45, 7) is 0. The van der Waals surface area contributed by atoms with Crippen LogP contribution in [-0.2, 0) is 6.18 Å². The molecular weight excluding hydrogens is 419 g/mol. The molecule has 1 N–H and O–H groups in total. The molecule has 0 saturated heterocycles. The van der Waals surface area contributed by atoms with E-state index in [0.717, 1.165) is 4.68 Å². The van der Waals surface area contributed by atoms with E-state index in [0.29, 0.717) is 21.8 Å². The molecule has 1 aliphatic rings. The predicted octanol–water partition coefficient (Wildman–Crippen LogP) is 5.80. The van der Waals surface area contributed by atoms with E-state index in [1.54, 1.807) is 18.2 Å². The molecule has 4 nitrogen and oxygen atoms in total. The van der Waals surface area contributed by atoms with E-state index in [1.165, 1.54) is 30.3 Å². The number of rotatable bonds is 2. The Morgan fingerprint density at radius 1 is 1.04 bits per heavy atom. The lowest BCUT2D eigenvalue weighted by Gasteiger charge is -2.25. The summed E-state index contributed by atoms with van der Waals surface area (Å²) in [6, 6.07) is 9.43. The largest absolute Gasteiger partial charge is 0.453 e. The van der Waals surface area contributed by atoms with Gasteiger partial charge in [-0.15, -0.1) is 5.10 Å². The van der Waals surface area contributed by atoms with Crippen molar-refractivity contribution in [3.8, 4) is 0 Å². The highest BCUT2D eigenvalue weighted by Crippen LogP contribution is 2.38. The Morgan fingerprint density at radius 2 is 1.75 bits per heavy atom. The highest BCUT2D eigenvalue weighted by Gasteiger charge is 2.39. The maximum atomic E-state index is 13.2. The van der Waals surface area contributed by atoms with Crippen molar-refractivity contribution < 1.29 is 17.6 Å². The van der Waals surface area contributed by atoms with Crippen LogP contribution in [0, 0.1) is 5.82 Å². The zero-order valence-electron chi connectivity index (χ0n) is 13.8. The maximum Gasteiger partial charge on any atom is 0.453 e. The second kappa shape index (κ2) is 6.79. The minimum atomic E-state index is -4.71. The number of hydrogen-bond donors (Lipinski definition) is 1. The van der Waals surface area contributed by atoms with Crippen molar-refractivity contribution in [1.29, 1.82) is 0 Å². The Kier molecular flexibility index (Phi) is 4.55. The average Bonchev–Trinajstić information content (AvgIpc) is 3.06. The molecule has 2 heterocycles. The molecule has 1 aliphatic heterocycles. The number of nitrogens with one attached hydrogen (secondary N) is 1. The summed E-state index contributed by atoms with van der Waals surface area (Å²) in [7, 11) is 0. The van der Waals surface area contributed by atoms with Crippen LogP contribution in [0.2, 0.25) is 10.0 Å². The first-order valence-electron chi connectivity index (χ1n) is 7.96. The van der Waals surface area contributed by atoms with E-state index in [4.69, 9.17) is 23.2 Å². The summed E-state index contributed by atoms with van der Waals surface area (Å²) in [5.74, 6) is -1.82. The molecule has 0 amide bonds. The Hall–Kier alpha value is -2.58. The van der Waals surface area contributed by atoms with Gasteiger partial charge in [0.2, 0.25) is 5.95 Å². The predicted molar refractivity (Wildman–Crippen MR) is 97.6 cm³/mol. The highest BCUT2D eigenvalue weighted by molar-refractivity contribution is 6.35. The minimum Gasteiger partial charge on any atom is -0.324 e. The monoisotopic (exact) mass is 428 g/mol. The van der Waals surface area contributed by atoms with Gasteiger partial charge in [-0.05, 0) is 53.6 Å². The standard InChI is InChI=1S/C18H10Cl2F4N4/c19-10-3-6-12(13(20)7-10)15-8-14(9-1-4-11(21)5-2-9)25-17-26-16(18(22,23)24)27-28(15)17/h1-8,15H,(H,25,26,27). The van der Waals surface area contributed by atoms with E-state index in [-0.39, 0.29) is 11.0 Å². The van der Waals surface area contributed by atoms with Crippen molar-refractivity contribution in [3.63, 3.8) is 0 Å². The Bertz CT molecular complexity index is 1070. The Labute approximate surface area is 166 Å². The number of alkyl halides is 3. The number of allylic oxidation sites excluding steroid dienone is 1. The van der Waals surface area contributed by atoms with Crippen molar-refractivity contribution in [2.75, 3.05) is 5.32 Å². The van der Waals surface area contributed by atoms with Gasteiger partial charge < -0.3 is 5.32 Å². The van der Waals surface area contributed by atoms with Crippen LogP contribution in [0.5, 0.6) is 0 Å². The molecule has 144 valence electrons. The van der Waals surface area contributed by atoms with Gasteiger partial charge in [0.25, 0.3) is 5.82 Å². The van der Waals surface area contributed by atoms with Crippen LogP contribution in [0.25, 0.3) is 5.70 Å². The highest BCUT2D eigenvalue weighted by atomic mass is 35.5. The van der Waals surface area contributed by atoms with Gasteiger partial charge in [-0.3, -0.25) is 0 Å². The third-order valence-electron chi connectivity index (χ3n) is 4.16. The molecule has 4 rings (SSSR count). The normalized spacial score (nSPS) is 16.4. The van der Waals surface area contributed by atoms with Gasteiger partial charge in [0.15, 0.2) is 0 Å². The molecule has 0 bridgehead atoms. The molecule has 0 fully saturated rings. The van der Waals surface area contributed by atoms with Gasteiger partial charge in [-0.1, -0.05) is 29.3 Å². The number of halogens is 6. The number of fused-ring (bicyclic) bond motifs is 1. The summed E-state index contributed by atoms with van der Waals surface area (Å²) < 4.78 is 53.7. The molecule has 28 heavy (non-hydrogen) atoms. The second-order valence-electron chi connectivity index (χ2n) is 6.02. The fraction of sp³-hybridized carbons (Fsp3) is 0.111. The quantitative estimate of drug-likeness (QED) is 0.524.